The molecule has 0 aliphatic carbocycles. The molecule has 20 heavy (non-hydrogen) atoms. The van der Waals surface area contributed by atoms with E-state index in [1.54, 1.807) is 18.2 Å². The number of benzene rings is 2. The highest BCUT2D eigenvalue weighted by Gasteiger charge is 2.28. The molecule has 3 rings (SSSR count). The molecule has 1 unspecified atom stereocenters. The van der Waals surface area contributed by atoms with Gasteiger partial charge in [-0.1, -0.05) is 41.4 Å². The predicted octanol–water partition coefficient (Wildman–Crippen LogP) is 4.31. The molecule has 4 heteroatoms. The van der Waals surface area contributed by atoms with Crippen LogP contribution in [0.1, 0.15) is 17.0 Å². The molecule has 0 bridgehead atoms. The lowest BCUT2D eigenvalue weighted by atomic mass is 9.93. The molecule has 1 N–H and O–H groups in total. The van der Waals surface area contributed by atoms with Crippen molar-refractivity contribution in [2.24, 2.45) is 0 Å². The summed E-state index contributed by atoms with van der Waals surface area (Å²) in [6.07, 6.45) is 0.306. The molecular weight excluding hydrogens is 293 g/mol. The van der Waals surface area contributed by atoms with E-state index in [1.165, 1.54) is 0 Å². The van der Waals surface area contributed by atoms with E-state index in [0.717, 1.165) is 16.8 Å². The first-order valence-corrected chi connectivity index (χ1v) is 7.20. The van der Waals surface area contributed by atoms with Gasteiger partial charge in [0.25, 0.3) is 0 Å². The molecule has 2 aromatic rings. The molecular formula is C16H13Cl2NO. The Morgan fingerprint density at radius 3 is 2.85 bits per heavy atom. The van der Waals surface area contributed by atoms with Gasteiger partial charge in [0.15, 0.2) is 0 Å². The Bertz CT molecular complexity index is 669. The van der Waals surface area contributed by atoms with E-state index >= 15 is 0 Å². The summed E-state index contributed by atoms with van der Waals surface area (Å²) in [6, 6.07) is 13.1. The summed E-state index contributed by atoms with van der Waals surface area (Å²) >= 11 is 12.1. The quantitative estimate of drug-likeness (QED) is 0.915. The Morgan fingerprint density at radius 1 is 1.20 bits per heavy atom. The van der Waals surface area contributed by atoms with Crippen molar-refractivity contribution in [1.29, 1.82) is 0 Å². The monoisotopic (exact) mass is 305 g/mol. The number of carbonyl (C=O) groups is 1. The maximum atomic E-state index is 12.5. The van der Waals surface area contributed by atoms with Crippen molar-refractivity contribution in [1.82, 2.24) is 0 Å². The Morgan fingerprint density at radius 2 is 2.00 bits per heavy atom. The van der Waals surface area contributed by atoms with E-state index in [-0.39, 0.29) is 11.7 Å². The van der Waals surface area contributed by atoms with Crippen LogP contribution in [0, 0.1) is 0 Å². The highest BCUT2D eigenvalue weighted by Crippen LogP contribution is 2.33. The number of hydrogen-bond acceptors (Lipinski definition) is 2. The number of anilines is 1. The van der Waals surface area contributed by atoms with Gasteiger partial charge in [-0.25, -0.2) is 0 Å². The van der Waals surface area contributed by atoms with Crippen LogP contribution >= 0.6 is 23.2 Å². The average molecular weight is 306 g/mol. The first kappa shape index (κ1) is 13.5. The van der Waals surface area contributed by atoms with Crippen molar-refractivity contribution in [3.63, 3.8) is 0 Å². The minimum absolute atomic E-state index is 0.110. The van der Waals surface area contributed by atoms with Crippen molar-refractivity contribution in [2.75, 3.05) is 11.9 Å². The number of nitrogens with one attached hydrogen (secondary N) is 1. The van der Waals surface area contributed by atoms with Crippen molar-refractivity contribution < 1.29 is 4.79 Å². The van der Waals surface area contributed by atoms with Gasteiger partial charge >= 0.3 is 0 Å². The van der Waals surface area contributed by atoms with Crippen LogP contribution in [-0.2, 0) is 11.2 Å². The fourth-order valence-electron chi connectivity index (χ4n) is 2.56. The smallest absolute Gasteiger partial charge is 0.146 e. The van der Waals surface area contributed by atoms with E-state index in [9.17, 15) is 4.79 Å². The minimum atomic E-state index is -0.110. The van der Waals surface area contributed by atoms with Crippen LogP contribution in [0.4, 0.5) is 5.69 Å². The lowest BCUT2D eigenvalue weighted by molar-refractivity contribution is -0.119. The highest BCUT2D eigenvalue weighted by atomic mass is 35.5. The number of halogens is 2. The molecule has 0 amide bonds. The largest absolute Gasteiger partial charge is 0.384 e. The zero-order valence-corrected chi connectivity index (χ0v) is 12.2. The SMILES string of the molecule is O=C(Cc1cc(Cl)ccc1Cl)C1CNc2ccccc21. The summed E-state index contributed by atoms with van der Waals surface area (Å²) in [4.78, 5) is 12.5. The topological polar surface area (TPSA) is 29.1 Å². The molecule has 0 spiro atoms. The van der Waals surface area contributed by atoms with E-state index in [2.05, 4.69) is 5.32 Å². The molecule has 2 aromatic carbocycles. The third kappa shape index (κ3) is 2.54. The zero-order chi connectivity index (χ0) is 14.1. The van der Waals surface area contributed by atoms with E-state index in [1.807, 2.05) is 24.3 Å². The average Bonchev–Trinajstić information content (AvgIpc) is 2.87. The van der Waals surface area contributed by atoms with E-state index < -0.39 is 0 Å². The van der Waals surface area contributed by atoms with Gasteiger partial charge in [0.05, 0.1) is 5.92 Å². The molecule has 102 valence electrons. The number of hydrogen-bond donors (Lipinski definition) is 1. The van der Waals surface area contributed by atoms with E-state index in [0.29, 0.717) is 23.0 Å². The molecule has 0 saturated carbocycles. The van der Waals surface area contributed by atoms with Gasteiger partial charge < -0.3 is 5.32 Å². The number of Topliss-reactive ketones (excluding diaryl/α,β-unsaturated/α-hetero) is 1. The zero-order valence-electron chi connectivity index (χ0n) is 10.7. The van der Waals surface area contributed by atoms with Crippen LogP contribution in [0.15, 0.2) is 42.5 Å². The van der Waals surface area contributed by atoms with Gasteiger partial charge in [0.1, 0.15) is 5.78 Å². The van der Waals surface area contributed by atoms with Crippen molar-refractivity contribution in [3.05, 3.63) is 63.6 Å². The fraction of sp³-hybridized carbons (Fsp3) is 0.188. The molecule has 1 heterocycles. The summed E-state index contributed by atoms with van der Waals surface area (Å²) in [5.41, 5.74) is 2.90. The van der Waals surface area contributed by atoms with Gasteiger partial charge in [0.2, 0.25) is 0 Å². The molecule has 0 aromatic heterocycles. The van der Waals surface area contributed by atoms with Crippen LogP contribution in [0.2, 0.25) is 10.0 Å². The van der Waals surface area contributed by atoms with Gasteiger partial charge in [-0.2, -0.15) is 0 Å². The second-order valence-electron chi connectivity index (χ2n) is 4.90. The number of rotatable bonds is 3. The van der Waals surface area contributed by atoms with Crippen molar-refractivity contribution >= 4 is 34.7 Å². The Hall–Kier alpha value is -1.51. The predicted molar refractivity (Wildman–Crippen MR) is 82.8 cm³/mol. The standard InChI is InChI=1S/C16H13Cl2NO/c17-11-5-6-14(18)10(7-11)8-16(20)13-9-19-15-4-2-1-3-12(13)15/h1-7,13,19H,8-9H2. The number of para-hydroxylation sites is 1. The lowest BCUT2D eigenvalue weighted by Gasteiger charge is -2.10. The Labute approximate surface area is 127 Å². The molecule has 1 atom stereocenters. The highest BCUT2D eigenvalue weighted by molar-refractivity contribution is 6.33. The second kappa shape index (κ2) is 5.47. The van der Waals surface area contributed by atoms with Crippen molar-refractivity contribution in [3.8, 4) is 0 Å². The van der Waals surface area contributed by atoms with Crippen LogP contribution in [-0.4, -0.2) is 12.3 Å². The summed E-state index contributed by atoms with van der Waals surface area (Å²) in [6.45, 7) is 0.649. The Balaban J connectivity index is 1.83. The molecule has 1 aliphatic heterocycles. The van der Waals surface area contributed by atoms with Crippen LogP contribution in [0.25, 0.3) is 0 Å². The minimum Gasteiger partial charge on any atom is -0.384 e. The van der Waals surface area contributed by atoms with E-state index in [4.69, 9.17) is 23.2 Å². The normalized spacial score (nSPS) is 16.6. The number of fused-ring (bicyclic) bond motifs is 1. The van der Waals surface area contributed by atoms with Gasteiger partial charge in [0, 0.05) is 28.7 Å². The molecule has 0 saturated heterocycles. The fourth-order valence-corrected chi connectivity index (χ4v) is 2.94. The third-order valence-electron chi connectivity index (χ3n) is 3.59. The van der Waals surface area contributed by atoms with Crippen LogP contribution in [0.3, 0.4) is 0 Å². The van der Waals surface area contributed by atoms with Crippen LogP contribution in [0.5, 0.6) is 0 Å². The summed E-state index contributed by atoms with van der Waals surface area (Å²) < 4.78 is 0. The maximum Gasteiger partial charge on any atom is 0.146 e. The molecule has 1 aliphatic rings. The summed E-state index contributed by atoms with van der Waals surface area (Å²) in [5.74, 6) is 0.0489. The number of carbonyl (C=O) groups excluding carboxylic acids is 1. The maximum absolute atomic E-state index is 12.5. The Kier molecular flexibility index (Phi) is 3.68. The van der Waals surface area contributed by atoms with Gasteiger partial charge in [-0.15, -0.1) is 0 Å². The first-order chi connectivity index (χ1) is 9.65. The van der Waals surface area contributed by atoms with Gasteiger partial charge in [-0.3, -0.25) is 4.79 Å². The summed E-state index contributed by atoms with van der Waals surface area (Å²) in [7, 11) is 0. The van der Waals surface area contributed by atoms with Crippen LogP contribution < -0.4 is 5.32 Å². The second-order valence-corrected chi connectivity index (χ2v) is 5.74. The molecule has 0 radical (unpaired) electrons. The lowest BCUT2D eigenvalue weighted by Crippen LogP contribution is -2.17. The van der Waals surface area contributed by atoms with Crippen molar-refractivity contribution in [2.45, 2.75) is 12.3 Å². The third-order valence-corrected chi connectivity index (χ3v) is 4.20. The first-order valence-electron chi connectivity index (χ1n) is 6.44. The van der Waals surface area contributed by atoms with Gasteiger partial charge in [-0.05, 0) is 35.4 Å². The summed E-state index contributed by atoms with van der Waals surface area (Å²) in [5, 5.41) is 4.45. The molecule has 2 nitrogen and oxygen atoms in total. The number of ketones is 1. The molecule has 0 fully saturated rings.